The van der Waals surface area contributed by atoms with Gasteiger partial charge in [0.05, 0.1) is 5.69 Å². The molecule has 0 saturated heterocycles. The lowest BCUT2D eigenvalue weighted by molar-refractivity contribution is -0.125. The molecule has 0 fully saturated rings. The first kappa shape index (κ1) is 19.5. The topological polar surface area (TPSA) is 58.6 Å². The first-order valence-electron chi connectivity index (χ1n) is 8.73. The molecule has 1 unspecified atom stereocenters. The molecule has 0 aromatic heterocycles. The van der Waals surface area contributed by atoms with E-state index in [1.54, 1.807) is 17.9 Å². The minimum absolute atomic E-state index is 0.118. The van der Waals surface area contributed by atoms with E-state index >= 15 is 0 Å². The van der Waals surface area contributed by atoms with Gasteiger partial charge in [0.25, 0.3) is 5.91 Å². The second-order valence-electron chi connectivity index (χ2n) is 6.35. The lowest BCUT2D eigenvalue weighted by Crippen LogP contribution is -2.45. The Balaban J connectivity index is 1.52. The number of rotatable bonds is 6. The summed E-state index contributed by atoms with van der Waals surface area (Å²) in [4.78, 5) is 26.2. The number of ether oxygens (including phenoxy) is 1. The van der Waals surface area contributed by atoms with Gasteiger partial charge >= 0.3 is 0 Å². The van der Waals surface area contributed by atoms with Gasteiger partial charge in [0.1, 0.15) is 5.75 Å². The molecule has 1 aliphatic heterocycles. The second kappa shape index (κ2) is 8.63. The zero-order valence-electron chi connectivity index (χ0n) is 14.9. The minimum atomic E-state index is -0.560. The van der Waals surface area contributed by atoms with Gasteiger partial charge in [-0.3, -0.25) is 9.59 Å². The van der Waals surface area contributed by atoms with E-state index in [9.17, 15) is 9.59 Å². The van der Waals surface area contributed by atoms with Crippen LogP contribution in [0.4, 0.5) is 5.69 Å². The highest BCUT2D eigenvalue weighted by atomic mass is 35.5. The summed E-state index contributed by atoms with van der Waals surface area (Å²) in [6.45, 7) is 2.49. The molecule has 1 N–H and O–H groups in total. The third-order valence-corrected chi connectivity index (χ3v) is 4.73. The lowest BCUT2D eigenvalue weighted by Gasteiger charge is -2.32. The van der Waals surface area contributed by atoms with Crippen molar-refractivity contribution < 1.29 is 14.3 Å². The maximum Gasteiger partial charge on any atom is 0.267 e. The Morgan fingerprint density at radius 2 is 1.89 bits per heavy atom. The molecule has 1 heterocycles. The molecule has 7 heteroatoms. The van der Waals surface area contributed by atoms with Gasteiger partial charge in [-0.05, 0) is 49.2 Å². The molecule has 27 heavy (non-hydrogen) atoms. The molecule has 2 aromatic carbocycles. The Bertz CT molecular complexity index is 837. The summed E-state index contributed by atoms with van der Waals surface area (Å²) >= 11 is 11.9. The molecule has 0 radical (unpaired) electrons. The van der Waals surface area contributed by atoms with E-state index in [4.69, 9.17) is 27.9 Å². The summed E-state index contributed by atoms with van der Waals surface area (Å²) in [5, 5.41) is 4.01. The fourth-order valence-electron chi connectivity index (χ4n) is 2.99. The molecular weight excluding hydrogens is 387 g/mol. The van der Waals surface area contributed by atoms with Crippen LogP contribution in [0.2, 0.25) is 10.0 Å². The molecule has 2 amide bonds. The lowest BCUT2D eigenvalue weighted by atomic mass is 10.1. The normalized spacial score (nSPS) is 15.9. The van der Waals surface area contributed by atoms with Gasteiger partial charge in [-0.2, -0.15) is 0 Å². The number of carbonyl (C=O) groups is 2. The summed E-state index contributed by atoms with van der Waals surface area (Å²) in [6.07, 6.45) is 0.279. The Morgan fingerprint density at radius 3 is 2.63 bits per heavy atom. The van der Waals surface area contributed by atoms with E-state index in [-0.39, 0.29) is 18.2 Å². The van der Waals surface area contributed by atoms with Gasteiger partial charge in [0.15, 0.2) is 6.10 Å². The molecule has 5 nitrogen and oxygen atoms in total. The van der Waals surface area contributed by atoms with Crippen molar-refractivity contribution in [2.75, 3.05) is 18.0 Å². The van der Waals surface area contributed by atoms with E-state index in [2.05, 4.69) is 5.32 Å². The number of nitrogens with one attached hydrogen (secondary N) is 1. The van der Waals surface area contributed by atoms with Crippen molar-refractivity contribution in [3.63, 3.8) is 0 Å². The van der Waals surface area contributed by atoms with Crippen molar-refractivity contribution in [3.05, 3.63) is 58.1 Å². The third kappa shape index (κ3) is 4.93. The van der Waals surface area contributed by atoms with Crippen LogP contribution in [0.3, 0.4) is 0 Å². The fraction of sp³-hybridized carbons (Fsp3) is 0.300. The fourth-order valence-corrected chi connectivity index (χ4v) is 3.56. The third-order valence-electron chi connectivity index (χ3n) is 4.29. The molecule has 1 atom stereocenters. The summed E-state index contributed by atoms with van der Waals surface area (Å²) in [7, 11) is 0. The first-order valence-corrected chi connectivity index (χ1v) is 9.48. The molecule has 1 aliphatic rings. The largest absolute Gasteiger partial charge is 0.479 e. The van der Waals surface area contributed by atoms with Crippen LogP contribution in [0, 0.1) is 0 Å². The van der Waals surface area contributed by atoms with Crippen molar-refractivity contribution in [1.82, 2.24) is 5.32 Å². The van der Waals surface area contributed by atoms with Crippen LogP contribution < -0.4 is 15.0 Å². The van der Waals surface area contributed by atoms with Crippen LogP contribution in [-0.4, -0.2) is 31.0 Å². The van der Waals surface area contributed by atoms with E-state index in [0.29, 0.717) is 41.0 Å². The maximum atomic E-state index is 12.4. The van der Waals surface area contributed by atoms with Gasteiger partial charge in [-0.1, -0.05) is 35.3 Å². The zero-order chi connectivity index (χ0) is 19.4. The highest BCUT2D eigenvalue weighted by Crippen LogP contribution is 2.33. The van der Waals surface area contributed by atoms with Crippen molar-refractivity contribution in [2.24, 2.45) is 0 Å². The SMILES string of the molecule is CC1Oc2ccccc2N(CCC(=O)NCCc2cc(Cl)cc(Cl)c2)C1=O. The Morgan fingerprint density at radius 1 is 1.19 bits per heavy atom. The monoisotopic (exact) mass is 406 g/mol. The van der Waals surface area contributed by atoms with Crippen LogP contribution in [-0.2, 0) is 16.0 Å². The van der Waals surface area contributed by atoms with Crippen LogP contribution in [0.15, 0.2) is 42.5 Å². The van der Waals surface area contributed by atoms with E-state index in [1.165, 1.54) is 0 Å². The Kier molecular flexibility index (Phi) is 6.24. The number of amides is 2. The van der Waals surface area contributed by atoms with Gasteiger partial charge in [0.2, 0.25) is 5.91 Å². The maximum absolute atomic E-state index is 12.4. The predicted octanol–water partition coefficient (Wildman–Crippen LogP) is 3.86. The highest BCUT2D eigenvalue weighted by Gasteiger charge is 2.31. The number of fused-ring (bicyclic) bond motifs is 1. The van der Waals surface area contributed by atoms with Crippen molar-refractivity contribution >= 4 is 40.7 Å². The number of benzene rings is 2. The molecular formula is C20H20Cl2N2O3. The van der Waals surface area contributed by atoms with E-state index in [0.717, 1.165) is 5.56 Å². The molecule has 142 valence electrons. The number of anilines is 1. The molecule has 0 spiro atoms. The Hall–Kier alpha value is -2.24. The zero-order valence-corrected chi connectivity index (χ0v) is 16.4. The molecule has 0 saturated carbocycles. The quantitative estimate of drug-likeness (QED) is 0.792. The number of hydrogen-bond donors (Lipinski definition) is 1. The number of para-hydroxylation sites is 2. The predicted molar refractivity (Wildman–Crippen MR) is 107 cm³/mol. The van der Waals surface area contributed by atoms with E-state index in [1.807, 2.05) is 36.4 Å². The Labute approximate surface area is 168 Å². The number of halogens is 2. The standard InChI is InChI=1S/C20H20Cl2N2O3/c1-13-20(26)24(17-4-2-3-5-18(17)27-13)9-7-19(25)23-8-6-14-10-15(21)12-16(22)11-14/h2-5,10-13H,6-9H2,1H3,(H,23,25). The molecule has 3 rings (SSSR count). The van der Waals surface area contributed by atoms with Gasteiger partial charge in [-0.15, -0.1) is 0 Å². The number of hydrogen-bond acceptors (Lipinski definition) is 3. The van der Waals surface area contributed by atoms with Crippen LogP contribution in [0.1, 0.15) is 18.9 Å². The van der Waals surface area contributed by atoms with Crippen molar-refractivity contribution in [2.45, 2.75) is 25.9 Å². The second-order valence-corrected chi connectivity index (χ2v) is 7.22. The highest BCUT2D eigenvalue weighted by molar-refractivity contribution is 6.34. The van der Waals surface area contributed by atoms with Crippen LogP contribution >= 0.6 is 23.2 Å². The average Bonchev–Trinajstić information content (AvgIpc) is 2.61. The summed E-state index contributed by atoms with van der Waals surface area (Å²) in [6, 6.07) is 12.7. The van der Waals surface area contributed by atoms with Crippen LogP contribution in [0.25, 0.3) is 0 Å². The van der Waals surface area contributed by atoms with Crippen molar-refractivity contribution in [3.8, 4) is 5.75 Å². The van der Waals surface area contributed by atoms with Gasteiger partial charge < -0.3 is 15.0 Å². The summed E-state index contributed by atoms with van der Waals surface area (Å²) < 4.78 is 5.60. The molecule has 2 aromatic rings. The average molecular weight is 407 g/mol. The van der Waals surface area contributed by atoms with Crippen LogP contribution in [0.5, 0.6) is 5.75 Å². The van der Waals surface area contributed by atoms with Gasteiger partial charge in [-0.25, -0.2) is 0 Å². The van der Waals surface area contributed by atoms with E-state index < -0.39 is 6.10 Å². The smallest absolute Gasteiger partial charge is 0.267 e. The number of nitrogens with zero attached hydrogens (tertiary/aromatic N) is 1. The summed E-state index contributed by atoms with van der Waals surface area (Å²) in [5.74, 6) is 0.394. The van der Waals surface area contributed by atoms with Gasteiger partial charge in [0, 0.05) is 29.6 Å². The molecule has 0 aliphatic carbocycles. The summed E-state index contributed by atoms with van der Waals surface area (Å²) in [5.41, 5.74) is 1.65. The first-order chi connectivity index (χ1) is 12.9. The van der Waals surface area contributed by atoms with Crippen molar-refractivity contribution in [1.29, 1.82) is 0 Å². The minimum Gasteiger partial charge on any atom is -0.479 e. The number of carbonyl (C=O) groups excluding carboxylic acids is 2. The molecule has 0 bridgehead atoms.